The SMILES string of the molecule is [2H]C([2H])([2H])n1c(C(=O)Nc2cccc(-c3cccc(NC(=O)c4nc5c(n4C([2H])([2H])[2H])CCN(C(=O)OC(C)(C)C)C5)c3Cl)c2Cl)nc2c1CCNC2. The zero-order valence-electron chi connectivity index (χ0n) is 31.8. The van der Waals surface area contributed by atoms with Gasteiger partial charge in [0, 0.05) is 77.2 Å². The minimum atomic E-state index is -2.76. The van der Waals surface area contributed by atoms with Gasteiger partial charge in [0.25, 0.3) is 11.8 Å². The summed E-state index contributed by atoms with van der Waals surface area (Å²) in [7, 11) is 0. The third kappa shape index (κ3) is 6.45. The van der Waals surface area contributed by atoms with E-state index in [2.05, 4.69) is 25.9 Å². The average Bonchev–Trinajstić information content (AvgIpc) is 3.66. The lowest BCUT2D eigenvalue weighted by Crippen LogP contribution is -2.40. The Morgan fingerprint density at radius 3 is 1.98 bits per heavy atom. The fourth-order valence-electron chi connectivity index (χ4n) is 5.51. The second kappa shape index (κ2) is 12.7. The van der Waals surface area contributed by atoms with Crippen LogP contribution in [0.4, 0.5) is 16.2 Å². The average molecular weight is 686 g/mol. The lowest BCUT2D eigenvalue weighted by molar-refractivity contribution is 0.0220. The highest BCUT2D eigenvalue weighted by Crippen LogP contribution is 2.40. The zero-order chi connectivity index (χ0) is 38.6. The zero-order valence-corrected chi connectivity index (χ0v) is 27.3. The van der Waals surface area contributed by atoms with E-state index in [1.807, 2.05) is 0 Å². The van der Waals surface area contributed by atoms with Crippen LogP contribution in [0.1, 0.15) is 73.0 Å². The van der Waals surface area contributed by atoms with Gasteiger partial charge in [0.2, 0.25) is 0 Å². The first kappa shape index (κ1) is 25.7. The van der Waals surface area contributed by atoms with E-state index < -0.39 is 43.3 Å². The Labute approximate surface area is 290 Å². The van der Waals surface area contributed by atoms with Gasteiger partial charge in [0.15, 0.2) is 11.6 Å². The molecule has 47 heavy (non-hydrogen) atoms. The van der Waals surface area contributed by atoms with E-state index >= 15 is 0 Å². The highest BCUT2D eigenvalue weighted by molar-refractivity contribution is 6.40. The highest BCUT2D eigenvalue weighted by atomic mass is 35.5. The first-order valence-electron chi connectivity index (χ1n) is 17.9. The molecule has 3 N–H and O–H groups in total. The predicted molar refractivity (Wildman–Crippen MR) is 180 cm³/mol. The number of carbonyl (C=O) groups excluding carboxylic acids is 3. The second-order valence-corrected chi connectivity index (χ2v) is 12.9. The molecule has 0 saturated heterocycles. The van der Waals surface area contributed by atoms with Gasteiger partial charge in [-0.05, 0) is 32.9 Å². The van der Waals surface area contributed by atoms with Crippen LogP contribution in [0, 0.1) is 0 Å². The molecule has 3 amide bonds. The van der Waals surface area contributed by atoms with Crippen molar-refractivity contribution in [3.63, 3.8) is 0 Å². The summed E-state index contributed by atoms with van der Waals surface area (Å²) in [5, 5.41) is 8.59. The number of halogens is 2. The minimum absolute atomic E-state index is 0.0488. The molecule has 0 bridgehead atoms. The summed E-state index contributed by atoms with van der Waals surface area (Å²) >= 11 is 13.6. The molecular formula is C33H36Cl2N8O4. The third-order valence-corrected chi connectivity index (χ3v) is 8.56. The number of benzene rings is 2. The standard InChI is InChI=1S/C33H36Cl2N8O4/c1-33(2,3)47-32(46)43-15-13-25-23(17-43)38-29(42(25)5)31(45)40-21-11-7-9-19(27(21)35)18-8-6-10-20(26(18)34)39-30(44)28-37-22-16-36-14-12-24(22)41(28)4/h6-11,36H,12-17H2,1-5H3,(H,39,44)(H,40,45)/i4D3,5D3. The number of aromatic nitrogens is 4. The van der Waals surface area contributed by atoms with Crippen molar-refractivity contribution in [2.45, 2.75) is 52.3 Å². The van der Waals surface area contributed by atoms with E-state index in [1.54, 1.807) is 45.0 Å². The molecule has 2 aromatic carbocycles. The molecule has 12 nitrogen and oxygen atoms in total. The summed E-state index contributed by atoms with van der Waals surface area (Å²) in [5.41, 5.74) is 1.77. The number of anilines is 2. The van der Waals surface area contributed by atoms with E-state index in [0.29, 0.717) is 47.7 Å². The summed E-state index contributed by atoms with van der Waals surface area (Å²) in [6.07, 6.45) is -0.0588. The molecule has 0 saturated carbocycles. The van der Waals surface area contributed by atoms with E-state index in [1.165, 1.54) is 17.0 Å². The highest BCUT2D eigenvalue weighted by Gasteiger charge is 2.30. The number of nitrogens with one attached hydrogen (secondary N) is 3. The maximum Gasteiger partial charge on any atom is 0.410 e. The van der Waals surface area contributed by atoms with Gasteiger partial charge in [-0.2, -0.15) is 0 Å². The molecule has 6 rings (SSSR count). The molecule has 246 valence electrons. The first-order chi connectivity index (χ1) is 24.7. The number of amides is 3. The van der Waals surface area contributed by atoms with Crippen molar-refractivity contribution in [2.24, 2.45) is 14.0 Å². The number of ether oxygens (including phenoxy) is 1. The van der Waals surface area contributed by atoms with E-state index in [9.17, 15) is 14.4 Å². The summed E-state index contributed by atoms with van der Waals surface area (Å²) in [5.74, 6) is -2.30. The van der Waals surface area contributed by atoms with Crippen LogP contribution in [-0.2, 0) is 44.6 Å². The first-order valence-corrected chi connectivity index (χ1v) is 15.6. The number of carbonyl (C=O) groups is 3. The number of rotatable bonds is 5. The van der Waals surface area contributed by atoms with Crippen LogP contribution in [-0.4, -0.2) is 60.6 Å². The molecule has 4 heterocycles. The molecule has 2 aromatic heterocycles. The largest absolute Gasteiger partial charge is 0.444 e. The maximum atomic E-state index is 13.7. The second-order valence-electron chi connectivity index (χ2n) is 12.1. The smallest absolute Gasteiger partial charge is 0.410 e. The molecule has 2 aliphatic heterocycles. The molecule has 2 aliphatic rings. The lowest BCUT2D eigenvalue weighted by Gasteiger charge is -2.29. The topological polar surface area (TPSA) is 135 Å². The summed E-state index contributed by atoms with van der Waals surface area (Å²) in [6.45, 7) is 0.794. The van der Waals surface area contributed by atoms with Crippen LogP contribution in [0.15, 0.2) is 36.4 Å². The molecule has 0 atom stereocenters. The quantitative estimate of drug-likeness (QED) is 0.250. The van der Waals surface area contributed by atoms with Gasteiger partial charge < -0.3 is 34.7 Å². The maximum absolute atomic E-state index is 13.7. The lowest BCUT2D eigenvalue weighted by atomic mass is 10.0. The van der Waals surface area contributed by atoms with Gasteiger partial charge in [0.05, 0.1) is 39.4 Å². The monoisotopic (exact) mass is 684 g/mol. The Balaban J connectivity index is 1.27. The number of hydrogen-bond donors (Lipinski definition) is 3. The normalized spacial score (nSPS) is 16.7. The summed E-state index contributed by atoms with van der Waals surface area (Å²) in [4.78, 5) is 50.0. The Hall–Kier alpha value is -4.39. The molecular weight excluding hydrogens is 643 g/mol. The fraction of sp³-hybridized carbons (Fsp3) is 0.364. The van der Waals surface area contributed by atoms with Crippen molar-refractivity contribution in [1.29, 1.82) is 0 Å². The molecule has 0 aliphatic carbocycles. The van der Waals surface area contributed by atoms with Crippen LogP contribution in [0.2, 0.25) is 10.0 Å². The van der Waals surface area contributed by atoms with Crippen molar-refractivity contribution in [3.05, 3.63) is 80.9 Å². The van der Waals surface area contributed by atoms with Gasteiger partial charge in [-0.15, -0.1) is 0 Å². The van der Waals surface area contributed by atoms with Crippen molar-refractivity contribution in [3.8, 4) is 11.1 Å². The number of hydrogen-bond acceptors (Lipinski definition) is 7. The van der Waals surface area contributed by atoms with Crippen molar-refractivity contribution >= 4 is 52.5 Å². The number of imidazole rings is 2. The van der Waals surface area contributed by atoms with Gasteiger partial charge in [-0.1, -0.05) is 47.5 Å². The van der Waals surface area contributed by atoms with Gasteiger partial charge in [-0.25, -0.2) is 14.8 Å². The van der Waals surface area contributed by atoms with Crippen LogP contribution >= 0.6 is 23.2 Å². The van der Waals surface area contributed by atoms with Crippen molar-refractivity contribution < 1.29 is 27.3 Å². The van der Waals surface area contributed by atoms with Crippen LogP contribution < -0.4 is 16.0 Å². The molecule has 0 unspecified atom stereocenters. The van der Waals surface area contributed by atoms with E-state index in [4.69, 9.17) is 36.2 Å². The van der Waals surface area contributed by atoms with Crippen LogP contribution in [0.25, 0.3) is 11.1 Å². The van der Waals surface area contributed by atoms with Gasteiger partial charge in [0.1, 0.15) is 5.60 Å². The summed E-state index contributed by atoms with van der Waals surface area (Å²) in [6, 6.07) is 9.55. The Morgan fingerprint density at radius 1 is 0.872 bits per heavy atom. The molecule has 0 fully saturated rings. The molecule has 0 spiro atoms. The fourth-order valence-corrected chi connectivity index (χ4v) is 6.06. The number of fused-ring (bicyclic) bond motifs is 2. The Morgan fingerprint density at radius 2 is 1.43 bits per heavy atom. The van der Waals surface area contributed by atoms with Gasteiger partial charge >= 0.3 is 6.09 Å². The van der Waals surface area contributed by atoms with E-state index in [0.717, 1.165) is 9.13 Å². The molecule has 14 heteroatoms. The third-order valence-electron chi connectivity index (χ3n) is 7.74. The molecule has 4 aromatic rings. The number of nitrogens with zero attached hydrogens (tertiary/aromatic N) is 5. The van der Waals surface area contributed by atoms with Crippen LogP contribution in [0.5, 0.6) is 0 Å². The van der Waals surface area contributed by atoms with Crippen LogP contribution in [0.3, 0.4) is 0 Å². The van der Waals surface area contributed by atoms with Crippen molar-refractivity contribution in [2.75, 3.05) is 23.7 Å². The predicted octanol–water partition coefficient (Wildman–Crippen LogP) is 5.57. The minimum Gasteiger partial charge on any atom is -0.444 e. The Kier molecular flexibility index (Phi) is 6.92. The molecule has 0 radical (unpaired) electrons. The van der Waals surface area contributed by atoms with Crippen molar-refractivity contribution in [1.82, 2.24) is 29.3 Å². The Bertz CT molecular complexity index is 2120. The van der Waals surface area contributed by atoms with Gasteiger partial charge in [-0.3, -0.25) is 9.59 Å². The summed E-state index contributed by atoms with van der Waals surface area (Å²) < 4.78 is 56.0. The van der Waals surface area contributed by atoms with E-state index in [-0.39, 0.29) is 52.4 Å².